The van der Waals surface area contributed by atoms with Crippen molar-refractivity contribution in [2.45, 2.75) is 34.1 Å². The van der Waals surface area contributed by atoms with Crippen LogP contribution in [-0.4, -0.2) is 37.5 Å². The van der Waals surface area contributed by atoms with Crippen LogP contribution in [-0.2, 0) is 9.53 Å². The fourth-order valence-electron chi connectivity index (χ4n) is 3.52. The fraction of sp³-hybridized carbons (Fsp3) is 0.688. The van der Waals surface area contributed by atoms with Crippen molar-refractivity contribution in [1.29, 1.82) is 5.26 Å². The third-order valence-corrected chi connectivity index (χ3v) is 4.23. The highest BCUT2D eigenvalue weighted by molar-refractivity contribution is 5.79. The summed E-state index contributed by atoms with van der Waals surface area (Å²) < 4.78 is 4.79. The summed E-state index contributed by atoms with van der Waals surface area (Å²) in [4.78, 5) is 24.4. The Morgan fingerprint density at radius 3 is 2.52 bits per heavy atom. The molecule has 0 bridgehead atoms. The molecule has 0 unspecified atom stereocenters. The van der Waals surface area contributed by atoms with E-state index >= 15 is 0 Å². The summed E-state index contributed by atoms with van der Waals surface area (Å²) >= 11 is 0. The van der Waals surface area contributed by atoms with Gasteiger partial charge in [0.05, 0.1) is 12.7 Å². The van der Waals surface area contributed by atoms with Crippen molar-refractivity contribution in [2.75, 3.05) is 20.2 Å². The van der Waals surface area contributed by atoms with Gasteiger partial charge in [0.2, 0.25) is 0 Å². The van der Waals surface area contributed by atoms with Crippen molar-refractivity contribution < 1.29 is 14.3 Å². The normalized spacial score (nSPS) is 27.0. The topological polar surface area (TPSA) is 70.4 Å². The molecule has 0 N–H and O–H groups in total. The van der Waals surface area contributed by atoms with Gasteiger partial charge < -0.3 is 9.64 Å². The zero-order valence-electron chi connectivity index (χ0n) is 13.5. The molecule has 1 heterocycles. The van der Waals surface area contributed by atoms with Gasteiger partial charge in [-0.1, -0.05) is 33.8 Å². The first-order valence-corrected chi connectivity index (χ1v) is 7.09. The average Bonchev–Trinajstić information content (AvgIpc) is 2.42. The average molecular weight is 292 g/mol. The van der Waals surface area contributed by atoms with Gasteiger partial charge in [-0.15, -0.1) is 0 Å². The van der Waals surface area contributed by atoms with Crippen molar-refractivity contribution in [3.63, 3.8) is 0 Å². The number of aldehydes is 1. The second kappa shape index (κ2) is 6.30. The Morgan fingerprint density at radius 1 is 1.48 bits per heavy atom. The third kappa shape index (κ3) is 3.84. The Kier molecular flexibility index (Phi) is 5.16. The van der Waals surface area contributed by atoms with Gasteiger partial charge in [0.15, 0.2) is 6.29 Å². The molecule has 2 atom stereocenters. The maximum Gasteiger partial charge on any atom is 0.409 e. The van der Waals surface area contributed by atoms with E-state index in [1.807, 2.05) is 13.0 Å². The van der Waals surface area contributed by atoms with Crippen LogP contribution in [0.4, 0.5) is 4.79 Å². The summed E-state index contributed by atoms with van der Waals surface area (Å²) in [5.41, 5.74) is -0.313. The van der Waals surface area contributed by atoms with Crippen LogP contribution in [0.25, 0.3) is 0 Å². The van der Waals surface area contributed by atoms with Gasteiger partial charge in [0, 0.05) is 18.5 Å². The lowest BCUT2D eigenvalue weighted by atomic mass is 9.61. The Hall–Kier alpha value is -1.83. The van der Waals surface area contributed by atoms with Crippen LogP contribution >= 0.6 is 0 Å². The molecular formula is C16H24N2O3. The number of carbonyl (C=O) groups excluding carboxylic acids is 2. The van der Waals surface area contributed by atoms with E-state index in [2.05, 4.69) is 20.8 Å². The van der Waals surface area contributed by atoms with Gasteiger partial charge in [0.1, 0.15) is 6.07 Å². The van der Waals surface area contributed by atoms with Gasteiger partial charge in [-0.3, -0.25) is 4.79 Å². The van der Waals surface area contributed by atoms with Crippen LogP contribution < -0.4 is 0 Å². The van der Waals surface area contributed by atoms with E-state index in [1.54, 1.807) is 11.0 Å². The van der Waals surface area contributed by atoms with E-state index < -0.39 is 5.41 Å². The number of methoxy groups -OCH3 is 1. The molecule has 0 aromatic carbocycles. The van der Waals surface area contributed by atoms with E-state index in [-0.39, 0.29) is 23.0 Å². The van der Waals surface area contributed by atoms with E-state index in [0.29, 0.717) is 19.4 Å². The minimum atomic E-state index is -0.434. The monoisotopic (exact) mass is 292 g/mol. The number of hydrogen-bond acceptors (Lipinski definition) is 4. The molecule has 5 nitrogen and oxygen atoms in total. The number of carbonyl (C=O) groups is 2. The van der Waals surface area contributed by atoms with Crippen molar-refractivity contribution in [1.82, 2.24) is 4.90 Å². The largest absolute Gasteiger partial charge is 0.453 e. The summed E-state index contributed by atoms with van der Waals surface area (Å²) in [5, 5.41) is 9.03. The zero-order valence-corrected chi connectivity index (χ0v) is 13.5. The van der Waals surface area contributed by atoms with E-state index in [9.17, 15) is 9.59 Å². The first-order chi connectivity index (χ1) is 9.67. The van der Waals surface area contributed by atoms with Gasteiger partial charge in [0.25, 0.3) is 0 Å². The fourth-order valence-corrected chi connectivity index (χ4v) is 3.52. The van der Waals surface area contributed by atoms with Crippen molar-refractivity contribution in [3.05, 3.63) is 11.6 Å². The molecule has 0 saturated carbocycles. The van der Waals surface area contributed by atoms with Crippen LogP contribution in [0, 0.1) is 28.1 Å². The lowest BCUT2D eigenvalue weighted by Crippen LogP contribution is -2.52. The molecule has 1 amide bonds. The molecule has 1 rings (SSSR count). The number of piperidine rings is 1. The lowest BCUT2D eigenvalue weighted by molar-refractivity contribution is -0.104. The molecule has 1 saturated heterocycles. The van der Waals surface area contributed by atoms with Gasteiger partial charge in [-0.25, -0.2) is 4.79 Å². The van der Waals surface area contributed by atoms with Gasteiger partial charge in [-0.2, -0.15) is 5.26 Å². The summed E-state index contributed by atoms with van der Waals surface area (Å²) in [6, 6.07) is 1.91. The van der Waals surface area contributed by atoms with Gasteiger partial charge >= 0.3 is 6.09 Å². The molecular weight excluding hydrogens is 268 g/mol. The number of allylic oxidation sites excluding steroid dienone is 1. The molecule has 0 spiro atoms. The van der Waals surface area contributed by atoms with Crippen molar-refractivity contribution >= 4 is 12.4 Å². The van der Waals surface area contributed by atoms with Crippen LogP contribution in [0.3, 0.4) is 0 Å². The first kappa shape index (κ1) is 17.2. The number of likely N-dealkylation sites (tertiary alicyclic amines) is 1. The van der Waals surface area contributed by atoms with Crippen molar-refractivity contribution in [3.8, 4) is 6.07 Å². The summed E-state index contributed by atoms with van der Waals surface area (Å²) in [6.45, 7) is 9.50. The Labute approximate surface area is 126 Å². The Balaban J connectivity index is 3.21. The second-order valence-corrected chi connectivity index (χ2v) is 6.93. The number of rotatable bonds is 2. The molecule has 0 aromatic rings. The Bertz CT molecular complexity index is 485. The van der Waals surface area contributed by atoms with Crippen LogP contribution in [0.1, 0.15) is 34.1 Å². The molecule has 0 aromatic heterocycles. The van der Waals surface area contributed by atoms with E-state index in [1.165, 1.54) is 7.11 Å². The van der Waals surface area contributed by atoms with Crippen LogP contribution in [0.5, 0.6) is 0 Å². The minimum Gasteiger partial charge on any atom is -0.453 e. The second-order valence-electron chi connectivity index (χ2n) is 6.93. The number of hydrogen-bond donors (Lipinski definition) is 0. The molecule has 1 aliphatic heterocycles. The molecule has 1 aliphatic rings. The van der Waals surface area contributed by atoms with Crippen LogP contribution in [0.2, 0.25) is 0 Å². The maximum atomic E-state index is 11.8. The highest BCUT2D eigenvalue weighted by atomic mass is 16.5. The zero-order chi connectivity index (χ0) is 16.3. The molecule has 21 heavy (non-hydrogen) atoms. The number of nitriles is 1. The maximum absolute atomic E-state index is 11.8. The van der Waals surface area contributed by atoms with Crippen LogP contribution in [0.15, 0.2) is 11.6 Å². The van der Waals surface area contributed by atoms with Crippen molar-refractivity contribution in [2.24, 2.45) is 16.7 Å². The summed E-state index contributed by atoms with van der Waals surface area (Å²) in [5.74, 6) is 0.259. The minimum absolute atomic E-state index is 0.0108. The lowest BCUT2D eigenvalue weighted by Gasteiger charge is -2.49. The predicted molar refractivity (Wildman–Crippen MR) is 79.4 cm³/mol. The first-order valence-electron chi connectivity index (χ1n) is 7.09. The third-order valence-electron chi connectivity index (χ3n) is 4.23. The van der Waals surface area contributed by atoms with E-state index in [4.69, 9.17) is 10.00 Å². The van der Waals surface area contributed by atoms with Gasteiger partial charge in [-0.05, 0) is 17.8 Å². The molecule has 5 heteroatoms. The molecule has 1 fully saturated rings. The molecule has 0 aliphatic carbocycles. The summed E-state index contributed by atoms with van der Waals surface area (Å²) in [6.07, 6.45) is 2.72. The smallest absolute Gasteiger partial charge is 0.409 e. The molecule has 0 radical (unpaired) electrons. The number of amides is 1. The highest BCUT2D eigenvalue weighted by Crippen LogP contribution is 2.47. The summed E-state index contributed by atoms with van der Waals surface area (Å²) in [7, 11) is 1.36. The SMILES string of the molecule is COC(=O)N1CC[C@H](C(C)(C)C)[C@@](C)(/C=C(/C#N)C=O)C1. The van der Waals surface area contributed by atoms with E-state index in [0.717, 1.165) is 6.42 Å². The number of nitrogens with zero attached hydrogens (tertiary/aromatic N) is 2. The quantitative estimate of drug-likeness (QED) is 0.446. The predicted octanol–water partition coefficient (Wildman–Crippen LogP) is 2.78. The standard InChI is InChI=1S/C16H24N2O3/c1-15(2,3)13-6-7-18(14(20)21-5)11-16(13,4)8-12(9-17)10-19/h8,10,13H,6-7,11H2,1-5H3/b12-8-/t13-,16+/m1/s1. The highest BCUT2D eigenvalue weighted by Gasteiger charge is 2.45. The number of ether oxygens (including phenoxy) is 1. The Morgan fingerprint density at radius 2 is 2.10 bits per heavy atom. The molecule has 116 valence electrons.